The molecule has 31 heavy (non-hydrogen) atoms. The molecule has 6 rings (SSSR count). The lowest BCUT2D eigenvalue weighted by Crippen LogP contribution is -2.22. The first kappa shape index (κ1) is 18.1. The van der Waals surface area contributed by atoms with E-state index in [2.05, 4.69) is 38.3 Å². The SMILES string of the molecule is COc1ccc(C2=C[C@@H]3[C@H](C2)[C@H]3c2noc(Cn3cnc4ncn(C)c4c3=O)n2)cc1. The molecule has 3 atom stereocenters. The topological polar surface area (TPSA) is 101 Å². The van der Waals surface area contributed by atoms with Crippen LogP contribution in [0.1, 0.15) is 29.6 Å². The molecule has 1 fully saturated rings. The number of methoxy groups -OCH3 is 1. The second kappa shape index (κ2) is 6.63. The van der Waals surface area contributed by atoms with Crippen molar-refractivity contribution in [2.45, 2.75) is 18.9 Å². The third kappa shape index (κ3) is 2.88. The summed E-state index contributed by atoms with van der Waals surface area (Å²) in [6, 6.07) is 8.18. The molecule has 0 radical (unpaired) electrons. The van der Waals surface area contributed by atoms with Crippen LogP contribution in [0.15, 0.2) is 52.3 Å². The van der Waals surface area contributed by atoms with Gasteiger partial charge in [0.1, 0.15) is 18.6 Å². The summed E-state index contributed by atoms with van der Waals surface area (Å²) in [5, 5.41) is 4.19. The van der Waals surface area contributed by atoms with E-state index in [9.17, 15) is 4.79 Å². The molecule has 9 heteroatoms. The molecular formula is C22H20N6O3. The Morgan fingerprint density at radius 2 is 2.00 bits per heavy atom. The van der Waals surface area contributed by atoms with Gasteiger partial charge in [0.05, 0.1) is 13.4 Å². The molecule has 0 saturated heterocycles. The number of benzene rings is 1. The molecule has 3 aromatic heterocycles. The lowest BCUT2D eigenvalue weighted by atomic mass is 10.0. The molecule has 0 aliphatic heterocycles. The van der Waals surface area contributed by atoms with Crippen molar-refractivity contribution in [3.8, 4) is 5.75 Å². The molecule has 0 spiro atoms. The number of ether oxygens (including phenoxy) is 1. The van der Waals surface area contributed by atoms with Gasteiger partial charge in [0.15, 0.2) is 17.0 Å². The lowest BCUT2D eigenvalue weighted by molar-refractivity contribution is 0.364. The maximum atomic E-state index is 12.7. The van der Waals surface area contributed by atoms with Crippen molar-refractivity contribution in [1.82, 2.24) is 29.2 Å². The van der Waals surface area contributed by atoms with Crippen LogP contribution in [0.4, 0.5) is 0 Å². The second-order valence-corrected chi connectivity index (χ2v) is 8.14. The van der Waals surface area contributed by atoms with E-state index in [1.54, 1.807) is 25.1 Å². The van der Waals surface area contributed by atoms with Gasteiger partial charge in [-0.15, -0.1) is 0 Å². The van der Waals surface area contributed by atoms with Crippen LogP contribution >= 0.6 is 0 Å². The Kier molecular flexibility index (Phi) is 3.86. The lowest BCUT2D eigenvalue weighted by Gasteiger charge is -2.06. The van der Waals surface area contributed by atoms with Gasteiger partial charge in [0.25, 0.3) is 5.56 Å². The molecule has 3 heterocycles. The molecular weight excluding hydrogens is 396 g/mol. The van der Waals surface area contributed by atoms with E-state index >= 15 is 0 Å². The summed E-state index contributed by atoms with van der Waals surface area (Å²) in [5.74, 6) is 3.23. The van der Waals surface area contributed by atoms with Crippen molar-refractivity contribution < 1.29 is 9.26 Å². The van der Waals surface area contributed by atoms with E-state index in [1.165, 1.54) is 22.0 Å². The van der Waals surface area contributed by atoms with E-state index in [-0.39, 0.29) is 18.0 Å². The fourth-order valence-corrected chi connectivity index (χ4v) is 4.63. The van der Waals surface area contributed by atoms with Crippen LogP contribution in [-0.4, -0.2) is 36.4 Å². The zero-order valence-corrected chi connectivity index (χ0v) is 17.1. The highest BCUT2D eigenvalue weighted by Crippen LogP contribution is 2.62. The maximum absolute atomic E-state index is 12.7. The second-order valence-electron chi connectivity index (χ2n) is 8.14. The van der Waals surface area contributed by atoms with Crippen LogP contribution in [-0.2, 0) is 13.6 Å². The predicted molar refractivity (Wildman–Crippen MR) is 111 cm³/mol. The number of nitrogens with zero attached hydrogens (tertiary/aromatic N) is 6. The number of hydrogen-bond acceptors (Lipinski definition) is 7. The monoisotopic (exact) mass is 416 g/mol. The highest BCUT2D eigenvalue weighted by molar-refractivity contribution is 5.71. The van der Waals surface area contributed by atoms with Gasteiger partial charge in [0.2, 0.25) is 5.89 Å². The Morgan fingerprint density at radius 3 is 2.74 bits per heavy atom. The minimum Gasteiger partial charge on any atom is -0.497 e. The van der Waals surface area contributed by atoms with Crippen LogP contribution in [0.5, 0.6) is 5.75 Å². The number of allylic oxidation sites excluding steroid dienone is 2. The number of fused-ring (bicyclic) bond motifs is 2. The van der Waals surface area contributed by atoms with Gasteiger partial charge >= 0.3 is 0 Å². The number of hydrogen-bond donors (Lipinski definition) is 0. The molecule has 2 aliphatic rings. The minimum atomic E-state index is -0.180. The number of imidazole rings is 1. The van der Waals surface area contributed by atoms with Crippen molar-refractivity contribution >= 4 is 16.7 Å². The maximum Gasteiger partial charge on any atom is 0.280 e. The van der Waals surface area contributed by atoms with Crippen LogP contribution in [0, 0.1) is 11.8 Å². The molecule has 9 nitrogen and oxygen atoms in total. The Morgan fingerprint density at radius 1 is 1.19 bits per heavy atom. The molecule has 2 aliphatic carbocycles. The Balaban J connectivity index is 1.18. The number of aromatic nitrogens is 6. The fraction of sp³-hybridized carbons (Fsp3) is 0.318. The summed E-state index contributed by atoms with van der Waals surface area (Å²) in [6.45, 7) is 0.189. The summed E-state index contributed by atoms with van der Waals surface area (Å²) in [5.41, 5.74) is 3.30. The van der Waals surface area contributed by atoms with E-state index in [0.717, 1.165) is 18.0 Å². The molecule has 0 N–H and O–H groups in total. The quantitative estimate of drug-likeness (QED) is 0.492. The van der Waals surface area contributed by atoms with Crippen LogP contribution in [0.2, 0.25) is 0 Å². The van der Waals surface area contributed by atoms with Crippen molar-refractivity contribution in [3.63, 3.8) is 0 Å². The van der Waals surface area contributed by atoms with Crippen molar-refractivity contribution in [1.29, 1.82) is 0 Å². The van der Waals surface area contributed by atoms with Crippen molar-refractivity contribution in [2.24, 2.45) is 18.9 Å². The van der Waals surface area contributed by atoms with Crippen molar-refractivity contribution in [3.05, 3.63) is 70.6 Å². The first-order valence-corrected chi connectivity index (χ1v) is 10.2. The van der Waals surface area contributed by atoms with Gasteiger partial charge in [-0.1, -0.05) is 23.4 Å². The Labute approximate surface area is 177 Å². The zero-order valence-electron chi connectivity index (χ0n) is 17.1. The van der Waals surface area contributed by atoms with Gasteiger partial charge < -0.3 is 13.8 Å². The van der Waals surface area contributed by atoms with Gasteiger partial charge in [-0.3, -0.25) is 9.36 Å². The molecule has 1 aromatic carbocycles. The summed E-state index contributed by atoms with van der Waals surface area (Å²) in [7, 11) is 3.44. The first-order chi connectivity index (χ1) is 15.1. The molecule has 0 bridgehead atoms. The summed E-state index contributed by atoms with van der Waals surface area (Å²) in [4.78, 5) is 25.6. The molecule has 156 valence electrons. The predicted octanol–water partition coefficient (Wildman–Crippen LogP) is 2.39. The van der Waals surface area contributed by atoms with E-state index in [0.29, 0.717) is 28.9 Å². The van der Waals surface area contributed by atoms with Gasteiger partial charge in [-0.2, -0.15) is 4.98 Å². The fourth-order valence-electron chi connectivity index (χ4n) is 4.63. The van der Waals surface area contributed by atoms with E-state index in [1.807, 2.05) is 12.1 Å². The molecule has 0 amide bonds. The highest BCUT2D eigenvalue weighted by Gasteiger charge is 2.55. The highest BCUT2D eigenvalue weighted by atomic mass is 16.5. The van der Waals surface area contributed by atoms with Crippen LogP contribution in [0.25, 0.3) is 16.7 Å². The molecule has 0 unspecified atom stereocenters. The van der Waals surface area contributed by atoms with Crippen LogP contribution < -0.4 is 10.3 Å². The third-order valence-corrected chi connectivity index (χ3v) is 6.33. The summed E-state index contributed by atoms with van der Waals surface area (Å²) >= 11 is 0. The minimum absolute atomic E-state index is 0.180. The average molecular weight is 416 g/mol. The summed E-state index contributed by atoms with van der Waals surface area (Å²) in [6.07, 6.45) is 6.38. The zero-order chi connectivity index (χ0) is 21.1. The third-order valence-electron chi connectivity index (χ3n) is 6.33. The van der Waals surface area contributed by atoms with Crippen LogP contribution in [0.3, 0.4) is 0 Å². The molecule has 4 aromatic rings. The first-order valence-electron chi connectivity index (χ1n) is 10.2. The molecule has 1 saturated carbocycles. The Bertz CT molecular complexity index is 1380. The smallest absolute Gasteiger partial charge is 0.280 e. The van der Waals surface area contributed by atoms with E-state index < -0.39 is 0 Å². The van der Waals surface area contributed by atoms with Gasteiger partial charge in [-0.05, 0) is 41.5 Å². The standard InChI is InChI=1S/C22H20N6O3/c1-27-10-23-21-19(27)22(29)28(11-24-21)9-17-25-20(26-31-17)18-15-7-13(8-16(15)18)12-3-5-14(30-2)6-4-12/h3-7,10-11,15-16,18H,8-9H2,1-2H3/t15-,16+,18+/m1/s1. The Hall–Kier alpha value is -3.75. The van der Waals surface area contributed by atoms with Gasteiger partial charge in [0, 0.05) is 13.0 Å². The van der Waals surface area contributed by atoms with Crippen molar-refractivity contribution in [2.75, 3.05) is 7.11 Å². The normalized spacial score (nSPS) is 21.9. The summed E-state index contributed by atoms with van der Waals surface area (Å²) < 4.78 is 13.8. The average Bonchev–Trinajstić information content (AvgIpc) is 3.21. The number of aryl methyl sites for hydroxylation is 1. The van der Waals surface area contributed by atoms with E-state index in [4.69, 9.17) is 9.26 Å². The largest absolute Gasteiger partial charge is 0.497 e. The number of rotatable bonds is 5. The van der Waals surface area contributed by atoms with Gasteiger partial charge in [-0.25, -0.2) is 9.97 Å².